The summed E-state index contributed by atoms with van der Waals surface area (Å²) in [7, 11) is 1.52. The second kappa shape index (κ2) is 4.82. The number of hydrogen-bond acceptors (Lipinski definition) is 5. The van der Waals surface area contributed by atoms with Gasteiger partial charge in [-0.2, -0.15) is 0 Å². The van der Waals surface area contributed by atoms with Gasteiger partial charge in [-0.15, -0.1) is 0 Å². The molecule has 0 radical (unpaired) electrons. The second-order valence-electron chi connectivity index (χ2n) is 3.84. The van der Waals surface area contributed by atoms with Crippen LogP contribution in [0.15, 0.2) is 21.9 Å². The highest BCUT2D eigenvalue weighted by molar-refractivity contribution is 4.88. The molecule has 1 saturated heterocycles. The molecule has 2 N–H and O–H groups in total. The predicted octanol–water partition coefficient (Wildman–Crippen LogP) is -1.17. The Bertz CT molecular complexity index is 482. The Morgan fingerprint density at radius 2 is 2.41 bits per heavy atom. The molecule has 0 saturated carbocycles. The Kier molecular flexibility index (Phi) is 3.41. The molecule has 2 rings (SSSR count). The SMILES string of the molecule is CO[C@@H]1C[C@@H](n2ccc(=O)[nH]c2=O)O[C@H]1CO. The molecule has 2 heterocycles. The van der Waals surface area contributed by atoms with Crippen LogP contribution in [0.5, 0.6) is 0 Å². The lowest BCUT2D eigenvalue weighted by Gasteiger charge is -2.14. The molecule has 0 spiro atoms. The van der Waals surface area contributed by atoms with E-state index in [1.54, 1.807) is 0 Å². The molecule has 7 nitrogen and oxygen atoms in total. The summed E-state index contributed by atoms with van der Waals surface area (Å²) in [6.07, 6.45) is 0.584. The number of hydrogen-bond donors (Lipinski definition) is 2. The molecular weight excluding hydrogens is 228 g/mol. The monoisotopic (exact) mass is 242 g/mol. The molecule has 1 fully saturated rings. The average Bonchev–Trinajstić information content (AvgIpc) is 2.72. The third-order valence-corrected chi connectivity index (χ3v) is 2.82. The van der Waals surface area contributed by atoms with Gasteiger partial charge in [-0.25, -0.2) is 4.79 Å². The smallest absolute Gasteiger partial charge is 0.330 e. The van der Waals surface area contributed by atoms with Crippen molar-refractivity contribution in [3.05, 3.63) is 33.1 Å². The van der Waals surface area contributed by atoms with Crippen LogP contribution in [0.25, 0.3) is 0 Å². The summed E-state index contributed by atoms with van der Waals surface area (Å²) in [5.74, 6) is 0. The molecule has 1 aromatic heterocycles. The summed E-state index contributed by atoms with van der Waals surface area (Å²) in [5, 5.41) is 9.10. The normalized spacial score (nSPS) is 28.5. The summed E-state index contributed by atoms with van der Waals surface area (Å²) in [4.78, 5) is 24.6. The van der Waals surface area contributed by atoms with Crippen LogP contribution in [0.1, 0.15) is 12.6 Å². The summed E-state index contributed by atoms with van der Waals surface area (Å²) in [6.45, 7) is -0.174. The van der Waals surface area contributed by atoms with Gasteiger partial charge < -0.3 is 14.6 Å². The van der Waals surface area contributed by atoms with Gasteiger partial charge in [-0.3, -0.25) is 14.3 Å². The van der Waals surface area contributed by atoms with Gasteiger partial charge in [0, 0.05) is 25.8 Å². The number of methoxy groups -OCH3 is 1. The number of aliphatic hydroxyl groups excluding tert-OH is 1. The Hall–Kier alpha value is -1.44. The molecule has 1 aliphatic heterocycles. The zero-order valence-corrected chi connectivity index (χ0v) is 9.33. The molecule has 1 aliphatic rings. The van der Waals surface area contributed by atoms with Crippen LogP contribution in [0.4, 0.5) is 0 Å². The molecule has 0 amide bonds. The first-order chi connectivity index (χ1) is 8.15. The first-order valence-electron chi connectivity index (χ1n) is 5.26. The third kappa shape index (κ3) is 2.31. The molecule has 0 bridgehead atoms. The fourth-order valence-corrected chi connectivity index (χ4v) is 1.94. The lowest BCUT2D eigenvalue weighted by molar-refractivity contribution is -0.0535. The summed E-state index contributed by atoms with van der Waals surface area (Å²) in [6, 6.07) is 1.25. The minimum atomic E-state index is -0.532. The number of aromatic amines is 1. The lowest BCUT2D eigenvalue weighted by atomic mass is 10.2. The first kappa shape index (κ1) is 12.0. The molecule has 7 heteroatoms. The van der Waals surface area contributed by atoms with Crippen LogP contribution in [0.2, 0.25) is 0 Å². The van der Waals surface area contributed by atoms with Gasteiger partial charge in [-0.1, -0.05) is 0 Å². The van der Waals surface area contributed by atoms with E-state index in [0.29, 0.717) is 6.42 Å². The number of aromatic nitrogens is 2. The highest BCUT2D eigenvalue weighted by atomic mass is 16.6. The van der Waals surface area contributed by atoms with E-state index >= 15 is 0 Å². The minimum Gasteiger partial charge on any atom is -0.394 e. The van der Waals surface area contributed by atoms with Crippen molar-refractivity contribution >= 4 is 0 Å². The van der Waals surface area contributed by atoms with Crippen molar-refractivity contribution in [2.45, 2.75) is 24.9 Å². The van der Waals surface area contributed by atoms with Crippen LogP contribution in [-0.4, -0.2) is 40.6 Å². The number of H-pyrrole nitrogens is 1. The van der Waals surface area contributed by atoms with Gasteiger partial charge in [0.2, 0.25) is 0 Å². The van der Waals surface area contributed by atoms with Crippen molar-refractivity contribution in [1.29, 1.82) is 0 Å². The Morgan fingerprint density at radius 1 is 1.65 bits per heavy atom. The molecule has 0 aromatic carbocycles. The highest BCUT2D eigenvalue weighted by Crippen LogP contribution is 2.28. The molecule has 94 valence electrons. The van der Waals surface area contributed by atoms with Gasteiger partial charge in [0.15, 0.2) is 0 Å². The average molecular weight is 242 g/mol. The Labute approximate surface area is 96.6 Å². The van der Waals surface area contributed by atoms with Crippen molar-refractivity contribution in [2.24, 2.45) is 0 Å². The van der Waals surface area contributed by atoms with E-state index < -0.39 is 23.6 Å². The van der Waals surface area contributed by atoms with Crippen LogP contribution in [-0.2, 0) is 9.47 Å². The van der Waals surface area contributed by atoms with Crippen molar-refractivity contribution in [2.75, 3.05) is 13.7 Å². The fraction of sp³-hybridized carbons (Fsp3) is 0.600. The minimum absolute atomic E-state index is 0.174. The van der Waals surface area contributed by atoms with Crippen LogP contribution >= 0.6 is 0 Å². The Morgan fingerprint density at radius 3 is 2.94 bits per heavy atom. The van der Waals surface area contributed by atoms with Crippen molar-refractivity contribution < 1.29 is 14.6 Å². The van der Waals surface area contributed by atoms with Crippen molar-refractivity contribution in [3.63, 3.8) is 0 Å². The van der Waals surface area contributed by atoms with Gasteiger partial charge >= 0.3 is 5.69 Å². The van der Waals surface area contributed by atoms with E-state index in [-0.39, 0.29) is 12.7 Å². The summed E-state index contributed by atoms with van der Waals surface area (Å²) in [5.41, 5.74) is -0.984. The van der Waals surface area contributed by atoms with E-state index in [2.05, 4.69) is 4.98 Å². The maximum Gasteiger partial charge on any atom is 0.330 e. The molecule has 0 unspecified atom stereocenters. The van der Waals surface area contributed by atoms with Gasteiger partial charge in [-0.05, 0) is 0 Å². The number of ether oxygens (including phenoxy) is 2. The van der Waals surface area contributed by atoms with E-state index in [1.165, 1.54) is 23.9 Å². The van der Waals surface area contributed by atoms with Crippen LogP contribution < -0.4 is 11.2 Å². The van der Waals surface area contributed by atoms with Gasteiger partial charge in [0.05, 0.1) is 12.7 Å². The van der Waals surface area contributed by atoms with Crippen molar-refractivity contribution in [3.8, 4) is 0 Å². The van der Waals surface area contributed by atoms with Crippen LogP contribution in [0, 0.1) is 0 Å². The maximum atomic E-state index is 11.5. The lowest BCUT2D eigenvalue weighted by Crippen LogP contribution is -2.31. The van der Waals surface area contributed by atoms with Gasteiger partial charge in [0.25, 0.3) is 5.56 Å². The highest BCUT2D eigenvalue weighted by Gasteiger charge is 2.36. The summed E-state index contributed by atoms with van der Waals surface area (Å²) >= 11 is 0. The van der Waals surface area contributed by atoms with E-state index in [9.17, 15) is 9.59 Å². The standard InChI is InChI=1S/C10H14N2O5/c1-16-6-4-9(17-7(6)5-13)12-3-2-8(14)11-10(12)15/h2-3,6-7,9,13H,4-5H2,1H3,(H,11,14,15)/t6-,7+,9+/m1/s1. The summed E-state index contributed by atoms with van der Waals surface area (Å²) < 4.78 is 11.9. The van der Waals surface area contributed by atoms with Crippen molar-refractivity contribution in [1.82, 2.24) is 9.55 Å². The maximum absolute atomic E-state index is 11.5. The third-order valence-electron chi connectivity index (χ3n) is 2.82. The molecule has 17 heavy (non-hydrogen) atoms. The molecule has 1 aromatic rings. The number of nitrogens with one attached hydrogen (secondary N) is 1. The second-order valence-corrected chi connectivity index (χ2v) is 3.84. The zero-order valence-electron chi connectivity index (χ0n) is 9.33. The zero-order chi connectivity index (χ0) is 12.4. The van der Waals surface area contributed by atoms with E-state index in [0.717, 1.165) is 0 Å². The Balaban J connectivity index is 2.25. The molecule has 3 atom stereocenters. The number of aliphatic hydroxyl groups is 1. The largest absolute Gasteiger partial charge is 0.394 e. The molecule has 0 aliphatic carbocycles. The van der Waals surface area contributed by atoms with E-state index in [4.69, 9.17) is 14.6 Å². The van der Waals surface area contributed by atoms with E-state index in [1.807, 2.05) is 0 Å². The number of nitrogens with zero attached hydrogens (tertiary/aromatic N) is 1. The van der Waals surface area contributed by atoms with Gasteiger partial charge in [0.1, 0.15) is 12.3 Å². The fourth-order valence-electron chi connectivity index (χ4n) is 1.94. The topological polar surface area (TPSA) is 93.6 Å². The first-order valence-corrected chi connectivity index (χ1v) is 5.26. The predicted molar refractivity (Wildman–Crippen MR) is 57.7 cm³/mol. The van der Waals surface area contributed by atoms with Crippen LogP contribution in [0.3, 0.4) is 0 Å². The molecular formula is C10H14N2O5. The quantitative estimate of drug-likeness (QED) is 0.696. The number of rotatable bonds is 3.